The Hall–Kier alpha value is -1.27. The van der Waals surface area contributed by atoms with Crippen LogP contribution in [0.3, 0.4) is 0 Å². The number of nitrogens with zero attached hydrogens (tertiary/aromatic N) is 3. The minimum absolute atomic E-state index is 0.706. The lowest BCUT2D eigenvalue weighted by Gasteiger charge is -2.02. The summed E-state index contributed by atoms with van der Waals surface area (Å²) >= 11 is 1.63. The molecule has 0 spiro atoms. The van der Waals surface area contributed by atoms with Crippen LogP contribution >= 0.6 is 11.8 Å². The van der Waals surface area contributed by atoms with E-state index in [1.807, 2.05) is 24.6 Å². The highest BCUT2D eigenvalue weighted by Crippen LogP contribution is 2.25. The van der Waals surface area contributed by atoms with Crippen molar-refractivity contribution in [1.82, 2.24) is 14.8 Å². The predicted octanol–water partition coefficient (Wildman–Crippen LogP) is 2.12. The second-order valence-electron chi connectivity index (χ2n) is 3.60. The first-order chi connectivity index (χ1) is 8.24. The topological polar surface area (TPSA) is 53.1 Å². The largest absolute Gasteiger partial charge is 0.469 e. The number of aromatic nitrogens is 3. The molecule has 0 aromatic carbocycles. The summed E-state index contributed by atoms with van der Waals surface area (Å²) in [6, 6.07) is 1.91. The molecule has 0 aliphatic carbocycles. The Bertz CT molecular complexity index is 493. The third kappa shape index (κ3) is 2.53. The molecule has 0 radical (unpaired) electrons. The number of methoxy groups -OCH3 is 1. The van der Waals surface area contributed by atoms with Crippen LogP contribution in [0.15, 0.2) is 21.9 Å². The monoisotopic (exact) mass is 253 g/mol. The number of hydrogen-bond donors (Lipinski definition) is 0. The van der Waals surface area contributed by atoms with Gasteiger partial charge in [0.15, 0.2) is 11.0 Å². The zero-order chi connectivity index (χ0) is 12.3. The van der Waals surface area contributed by atoms with Crippen LogP contribution < -0.4 is 0 Å². The first-order valence-corrected chi connectivity index (χ1v) is 6.28. The molecule has 5 nitrogen and oxygen atoms in total. The van der Waals surface area contributed by atoms with Crippen LogP contribution in [0.5, 0.6) is 0 Å². The van der Waals surface area contributed by atoms with Crippen molar-refractivity contribution in [1.29, 1.82) is 0 Å². The first kappa shape index (κ1) is 12.2. The fourth-order valence-electron chi connectivity index (χ4n) is 1.51. The average Bonchev–Trinajstić information content (AvgIpc) is 2.87. The molecular formula is C11H15N3O2S. The summed E-state index contributed by atoms with van der Waals surface area (Å²) in [6.45, 7) is 2.62. The minimum Gasteiger partial charge on any atom is -0.469 e. The van der Waals surface area contributed by atoms with Gasteiger partial charge in [0.1, 0.15) is 5.76 Å². The van der Waals surface area contributed by atoms with Gasteiger partial charge in [0.2, 0.25) is 0 Å². The number of hydrogen-bond acceptors (Lipinski definition) is 5. The Morgan fingerprint density at radius 3 is 2.94 bits per heavy atom. The lowest BCUT2D eigenvalue weighted by atomic mass is 10.2. The molecule has 2 heterocycles. The number of thioether (sulfide) groups is 1. The van der Waals surface area contributed by atoms with Crippen LogP contribution in [-0.4, -0.2) is 34.2 Å². The molecule has 0 bridgehead atoms. The molecule has 17 heavy (non-hydrogen) atoms. The maximum absolute atomic E-state index is 5.27. The number of ether oxygens (including phenoxy) is 1. The molecule has 0 aliphatic heterocycles. The van der Waals surface area contributed by atoms with E-state index in [9.17, 15) is 0 Å². The van der Waals surface area contributed by atoms with E-state index < -0.39 is 0 Å². The van der Waals surface area contributed by atoms with Gasteiger partial charge in [0.05, 0.1) is 18.4 Å². The van der Waals surface area contributed by atoms with Crippen molar-refractivity contribution in [3.05, 3.63) is 18.1 Å². The Morgan fingerprint density at radius 2 is 2.29 bits per heavy atom. The highest BCUT2D eigenvalue weighted by Gasteiger charge is 2.14. The Morgan fingerprint density at radius 1 is 1.47 bits per heavy atom. The molecule has 0 N–H and O–H groups in total. The van der Waals surface area contributed by atoms with Gasteiger partial charge in [-0.2, -0.15) is 0 Å². The summed E-state index contributed by atoms with van der Waals surface area (Å²) in [5.74, 6) is 2.55. The van der Waals surface area contributed by atoms with E-state index in [1.165, 1.54) is 0 Å². The number of aryl methyl sites for hydroxylation is 1. The molecule has 0 amide bonds. The molecule has 0 saturated carbocycles. The molecule has 2 rings (SSSR count). The van der Waals surface area contributed by atoms with E-state index >= 15 is 0 Å². The summed E-state index contributed by atoms with van der Waals surface area (Å²) in [6.07, 6.45) is 1.66. The third-order valence-electron chi connectivity index (χ3n) is 2.45. The fraction of sp³-hybridized carbons (Fsp3) is 0.455. The minimum atomic E-state index is 0.706. The van der Waals surface area contributed by atoms with Crippen LogP contribution in [0.1, 0.15) is 5.76 Å². The normalized spacial score (nSPS) is 11.0. The van der Waals surface area contributed by atoms with Crippen LogP contribution in [0.25, 0.3) is 11.4 Å². The number of rotatable bonds is 5. The van der Waals surface area contributed by atoms with E-state index in [4.69, 9.17) is 9.15 Å². The third-order valence-corrected chi connectivity index (χ3v) is 3.44. The van der Waals surface area contributed by atoms with Gasteiger partial charge in [-0.3, -0.25) is 0 Å². The quantitative estimate of drug-likeness (QED) is 0.603. The summed E-state index contributed by atoms with van der Waals surface area (Å²) < 4.78 is 12.3. The SMILES string of the molecule is COCCSc1nnc(-c2ccoc2C)n1C. The summed E-state index contributed by atoms with van der Waals surface area (Å²) in [4.78, 5) is 0. The summed E-state index contributed by atoms with van der Waals surface area (Å²) in [5.41, 5.74) is 0.985. The molecule has 0 atom stereocenters. The maximum atomic E-state index is 5.27. The lowest BCUT2D eigenvalue weighted by molar-refractivity contribution is 0.218. The molecule has 2 aromatic rings. The molecule has 0 saturated heterocycles. The average molecular weight is 253 g/mol. The van der Waals surface area contributed by atoms with Crippen molar-refractivity contribution >= 4 is 11.8 Å². The van der Waals surface area contributed by atoms with Crippen LogP contribution in [0, 0.1) is 6.92 Å². The summed E-state index contributed by atoms with van der Waals surface area (Å²) in [5, 5.41) is 9.24. The van der Waals surface area contributed by atoms with Gasteiger partial charge in [0.25, 0.3) is 0 Å². The molecule has 0 fully saturated rings. The van der Waals surface area contributed by atoms with Gasteiger partial charge in [-0.1, -0.05) is 11.8 Å². The van der Waals surface area contributed by atoms with Gasteiger partial charge in [0, 0.05) is 19.9 Å². The van der Waals surface area contributed by atoms with Crippen LogP contribution in [0.2, 0.25) is 0 Å². The van der Waals surface area contributed by atoms with Crippen LogP contribution in [0.4, 0.5) is 0 Å². The van der Waals surface area contributed by atoms with E-state index in [0.29, 0.717) is 6.61 Å². The Labute approximate surface area is 104 Å². The smallest absolute Gasteiger partial charge is 0.191 e. The Balaban J connectivity index is 2.18. The standard InChI is InChI=1S/C11H15N3O2S/c1-8-9(4-5-16-8)10-12-13-11(14(10)2)17-7-6-15-3/h4-5H,6-7H2,1-3H3. The summed E-state index contributed by atoms with van der Waals surface area (Å²) in [7, 11) is 3.65. The molecule has 0 aliphatic rings. The van der Waals surface area contributed by atoms with E-state index in [0.717, 1.165) is 28.1 Å². The predicted molar refractivity (Wildman–Crippen MR) is 66.0 cm³/mol. The lowest BCUT2D eigenvalue weighted by Crippen LogP contribution is -1.97. The number of furan rings is 1. The first-order valence-electron chi connectivity index (χ1n) is 5.29. The van der Waals surface area contributed by atoms with Crippen molar-refractivity contribution in [2.24, 2.45) is 7.05 Å². The van der Waals surface area contributed by atoms with Crippen LogP contribution in [-0.2, 0) is 11.8 Å². The van der Waals surface area contributed by atoms with Gasteiger partial charge >= 0.3 is 0 Å². The second kappa shape index (κ2) is 5.37. The second-order valence-corrected chi connectivity index (χ2v) is 4.66. The van der Waals surface area contributed by atoms with Crippen molar-refractivity contribution in [2.45, 2.75) is 12.1 Å². The molecule has 6 heteroatoms. The molecule has 2 aromatic heterocycles. The maximum Gasteiger partial charge on any atom is 0.191 e. The van der Waals surface area contributed by atoms with Gasteiger partial charge in [-0.25, -0.2) is 0 Å². The van der Waals surface area contributed by atoms with Crippen molar-refractivity contribution in [2.75, 3.05) is 19.5 Å². The molecule has 0 unspecified atom stereocenters. The van der Waals surface area contributed by atoms with E-state index in [2.05, 4.69) is 10.2 Å². The van der Waals surface area contributed by atoms with Crippen molar-refractivity contribution < 1.29 is 9.15 Å². The van der Waals surface area contributed by atoms with Crippen molar-refractivity contribution in [3.8, 4) is 11.4 Å². The zero-order valence-corrected chi connectivity index (χ0v) is 11.0. The van der Waals surface area contributed by atoms with Gasteiger partial charge in [-0.15, -0.1) is 10.2 Å². The van der Waals surface area contributed by atoms with E-state index in [-0.39, 0.29) is 0 Å². The highest BCUT2D eigenvalue weighted by atomic mass is 32.2. The van der Waals surface area contributed by atoms with Gasteiger partial charge in [-0.05, 0) is 13.0 Å². The molecular weight excluding hydrogens is 238 g/mol. The van der Waals surface area contributed by atoms with Gasteiger partial charge < -0.3 is 13.7 Å². The highest BCUT2D eigenvalue weighted by molar-refractivity contribution is 7.99. The van der Waals surface area contributed by atoms with E-state index in [1.54, 1.807) is 25.1 Å². The Kier molecular flexibility index (Phi) is 3.86. The molecule has 92 valence electrons. The van der Waals surface area contributed by atoms with Crippen molar-refractivity contribution in [3.63, 3.8) is 0 Å². The fourth-order valence-corrected chi connectivity index (χ4v) is 2.32. The zero-order valence-electron chi connectivity index (χ0n) is 10.1.